The third-order valence-electron chi connectivity index (χ3n) is 5.67. The lowest BCUT2D eigenvalue weighted by atomic mass is 9.94. The van der Waals surface area contributed by atoms with Gasteiger partial charge < -0.3 is 0 Å². The second-order valence-electron chi connectivity index (χ2n) is 7.65. The molecule has 0 amide bonds. The highest BCUT2D eigenvalue weighted by molar-refractivity contribution is 8.15. The van der Waals surface area contributed by atoms with Crippen LogP contribution in [-0.4, -0.2) is 10.8 Å². The van der Waals surface area contributed by atoms with Crippen molar-refractivity contribution in [2.45, 2.75) is 4.99 Å². The lowest BCUT2D eigenvalue weighted by molar-refractivity contribution is 0.478. The van der Waals surface area contributed by atoms with Crippen LogP contribution in [0.3, 0.4) is 0 Å². The molecule has 0 saturated carbocycles. The summed E-state index contributed by atoms with van der Waals surface area (Å²) >= 11 is 1.69. The molecule has 0 aliphatic carbocycles. The number of thioether (sulfide) groups is 1. The van der Waals surface area contributed by atoms with Crippen molar-refractivity contribution >= 4 is 28.2 Å². The van der Waals surface area contributed by atoms with Crippen LogP contribution in [-0.2, 0) is 4.99 Å². The molecule has 6 rings (SSSR count). The van der Waals surface area contributed by atoms with Gasteiger partial charge in [-0.1, -0.05) is 103 Å². The maximum absolute atomic E-state index is 5.08. The number of fused-ring (bicyclic) bond motifs is 2. The van der Waals surface area contributed by atoms with E-state index in [1.54, 1.807) is 11.8 Å². The van der Waals surface area contributed by atoms with Crippen molar-refractivity contribution < 1.29 is 0 Å². The Bertz CT molecular complexity index is 1320. The largest absolute Gasteiger partial charge is 0.269 e. The first-order valence-corrected chi connectivity index (χ1v) is 11.4. The van der Waals surface area contributed by atoms with Crippen molar-refractivity contribution in [3.63, 3.8) is 0 Å². The molecule has 154 valence electrons. The molecule has 0 unspecified atom stereocenters. The zero-order chi connectivity index (χ0) is 21.4. The number of nitrogens with one attached hydrogen (secondary N) is 1. The molecule has 1 spiro atoms. The Morgan fingerprint density at radius 2 is 1.25 bits per heavy atom. The smallest absolute Gasteiger partial charge is 0.227 e. The van der Waals surface area contributed by atoms with Gasteiger partial charge in [0.05, 0.1) is 11.4 Å². The molecule has 2 aliphatic rings. The van der Waals surface area contributed by atoms with Crippen molar-refractivity contribution in [2.75, 3.05) is 5.01 Å². The van der Waals surface area contributed by atoms with Crippen LogP contribution in [0.1, 0.15) is 22.3 Å². The molecule has 2 heterocycles. The number of hydrogen-bond donors (Lipinski definition) is 1. The molecular weight excluding hydrogens is 412 g/mol. The van der Waals surface area contributed by atoms with Crippen LogP contribution in [0.4, 0.5) is 5.69 Å². The number of hydrogen-bond acceptors (Lipinski definition) is 5. The average molecular weight is 433 g/mol. The summed E-state index contributed by atoms with van der Waals surface area (Å²) in [7, 11) is 0. The number of rotatable bonds is 3. The molecule has 0 bridgehead atoms. The highest BCUT2D eigenvalue weighted by Gasteiger charge is 2.50. The van der Waals surface area contributed by atoms with Crippen LogP contribution in [0, 0.1) is 0 Å². The molecular formula is C27H20N4S. The predicted molar refractivity (Wildman–Crippen MR) is 133 cm³/mol. The summed E-state index contributed by atoms with van der Waals surface area (Å²) in [5.41, 5.74) is 9.87. The van der Waals surface area contributed by atoms with Gasteiger partial charge in [0.15, 0.2) is 0 Å². The monoisotopic (exact) mass is 432 g/mol. The number of para-hydroxylation sites is 1. The van der Waals surface area contributed by atoms with Gasteiger partial charge in [0, 0.05) is 22.3 Å². The molecule has 4 nitrogen and oxygen atoms in total. The Morgan fingerprint density at radius 3 is 1.97 bits per heavy atom. The fraction of sp³-hybridized carbons (Fsp3) is 0.0370. The van der Waals surface area contributed by atoms with E-state index in [-0.39, 0.29) is 0 Å². The van der Waals surface area contributed by atoms with Gasteiger partial charge >= 0.3 is 0 Å². The summed E-state index contributed by atoms with van der Waals surface area (Å²) in [5.74, 6) is 0. The molecule has 0 fully saturated rings. The Labute approximate surface area is 191 Å². The number of nitrogens with zero attached hydrogens (tertiary/aromatic N) is 3. The number of benzene rings is 4. The van der Waals surface area contributed by atoms with E-state index in [2.05, 4.69) is 71.1 Å². The fourth-order valence-corrected chi connectivity index (χ4v) is 5.43. The minimum Gasteiger partial charge on any atom is -0.269 e. The Morgan fingerprint density at radius 1 is 0.656 bits per heavy atom. The van der Waals surface area contributed by atoms with Crippen LogP contribution < -0.4 is 10.4 Å². The Kier molecular flexibility index (Phi) is 4.55. The second-order valence-corrected chi connectivity index (χ2v) is 8.83. The third kappa shape index (κ3) is 3.01. The van der Waals surface area contributed by atoms with Gasteiger partial charge in [0.2, 0.25) is 4.99 Å². The van der Waals surface area contributed by atoms with Crippen molar-refractivity contribution in [2.24, 2.45) is 10.2 Å². The average Bonchev–Trinajstić information content (AvgIpc) is 3.26. The first kappa shape index (κ1) is 18.9. The van der Waals surface area contributed by atoms with Gasteiger partial charge in [-0.2, -0.15) is 10.2 Å². The van der Waals surface area contributed by atoms with Gasteiger partial charge in [-0.05, 0) is 23.9 Å². The zero-order valence-corrected chi connectivity index (χ0v) is 18.0. The summed E-state index contributed by atoms with van der Waals surface area (Å²) in [6, 6.07) is 39.4. The van der Waals surface area contributed by atoms with E-state index >= 15 is 0 Å². The first-order valence-electron chi connectivity index (χ1n) is 10.5. The van der Waals surface area contributed by atoms with Crippen molar-refractivity contribution in [3.8, 4) is 0 Å². The van der Waals surface area contributed by atoms with Crippen LogP contribution in [0.5, 0.6) is 0 Å². The van der Waals surface area contributed by atoms with E-state index in [1.807, 2.05) is 54.6 Å². The molecule has 1 atom stereocenters. The predicted octanol–water partition coefficient (Wildman–Crippen LogP) is 5.77. The van der Waals surface area contributed by atoms with Crippen molar-refractivity contribution in [1.82, 2.24) is 5.43 Å². The van der Waals surface area contributed by atoms with Gasteiger partial charge in [-0.15, -0.1) is 0 Å². The molecule has 1 N–H and O–H groups in total. The highest BCUT2D eigenvalue weighted by atomic mass is 32.2. The van der Waals surface area contributed by atoms with Gasteiger partial charge in [0.1, 0.15) is 5.04 Å². The first-order chi connectivity index (χ1) is 15.9. The summed E-state index contributed by atoms with van der Waals surface area (Å²) < 4.78 is 0. The minimum atomic E-state index is -0.679. The summed E-state index contributed by atoms with van der Waals surface area (Å²) in [5, 5.41) is 13.0. The molecule has 4 aromatic rings. The minimum absolute atomic E-state index is 0.679. The molecule has 0 radical (unpaired) electrons. The quantitative estimate of drug-likeness (QED) is 0.447. The van der Waals surface area contributed by atoms with Crippen molar-refractivity contribution in [3.05, 3.63) is 138 Å². The number of hydrazone groups is 2. The van der Waals surface area contributed by atoms with E-state index in [9.17, 15) is 0 Å². The molecule has 2 aliphatic heterocycles. The third-order valence-corrected chi connectivity index (χ3v) is 6.96. The maximum atomic E-state index is 5.08. The Balaban J connectivity index is 1.53. The van der Waals surface area contributed by atoms with Crippen LogP contribution in [0.25, 0.3) is 0 Å². The van der Waals surface area contributed by atoms with E-state index < -0.39 is 4.99 Å². The zero-order valence-electron chi connectivity index (χ0n) is 17.2. The molecule has 5 heteroatoms. The SMILES string of the molecule is c1ccc(C2=NN(c3ccccc3)[C@@]3(NN=C(c4ccccc4)c4ccccc43)S2)cc1. The number of anilines is 1. The fourth-order valence-electron chi connectivity index (χ4n) is 4.16. The van der Waals surface area contributed by atoms with Crippen LogP contribution in [0.2, 0.25) is 0 Å². The normalized spacial score (nSPS) is 19.2. The van der Waals surface area contributed by atoms with Crippen LogP contribution in [0.15, 0.2) is 125 Å². The van der Waals surface area contributed by atoms with Gasteiger partial charge in [0.25, 0.3) is 0 Å². The van der Waals surface area contributed by atoms with Gasteiger partial charge in [-0.25, -0.2) is 5.01 Å². The van der Waals surface area contributed by atoms with Gasteiger partial charge in [-0.3, -0.25) is 5.43 Å². The Hall–Kier alpha value is -3.83. The maximum Gasteiger partial charge on any atom is 0.227 e. The molecule has 0 saturated heterocycles. The molecule has 0 aromatic heterocycles. The van der Waals surface area contributed by atoms with E-state index in [4.69, 9.17) is 10.2 Å². The second kappa shape index (κ2) is 7.70. The lowest BCUT2D eigenvalue weighted by Crippen LogP contribution is -2.51. The molecule has 4 aromatic carbocycles. The molecule has 32 heavy (non-hydrogen) atoms. The topological polar surface area (TPSA) is 40.0 Å². The highest BCUT2D eigenvalue weighted by Crippen LogP contribution is 2.49. The van der Waals surface area contributed by atoms with E-state index in [0.29, 0.717) is 0 Å². The van der Waals surface area contributed by atoms with Crippen LogP contribution >= 0.6 is 11.8 Å². The van der Waals surface area contributed by atoms with Crippen molar-refractivity contribution in [1.29, 1.82) is 0 Å². The van der Waals surface area contributed by atoms with E-state index in [0.717, 1.165) is 38.7 Å². The van der Waals surface area contributed by atoms with E-state index in [1.165, 1.54) is 0 Å². The lowest BCUT2D eigenvalue weighted by Gasteiger charge is -2.40. The summed E-state index contributed by atoms with van der Waals surface area (Å²) in [6.45, 7) is 0. The summed E-state index contributed by atoms with van der Waals surface area (Å²) in [4.78, 5) is -0.679. The summed E-state index contributed by atoms with van der Waals surface area (Å²) in [6.07, 6.45) is 0. The standard InChI is InChI=1S/C27H20N4S/c1-4-12-20(13-5-1)25-23-18-10-11-19-24(23)27(30-28-25)31(22-16-8-3-9-17-22)29-26(32-27)21-14-6-2-7-15-21/h1-19,30H/t27-/m1/s1.